The molecule has 1 aliphatic carbocycles. The van der Waals surface area contributed by atoms with Crippen molar-refractivity contribution in [3.63, 3.8) is 0 Å². The summed E-state index contributed by atoms with van der Waals surface area (Å²) in [6, 6.07) is 10.7. The predicted molar refractivity (Wildman–Crippen MR) is 121 cm³/mol. The quantitative estimate of drug-likeness (QED) is 0.556. The van der Waals surface area contributed by atoms with Gasteiger partial charge in [-0.2, -0.15) is 0 Å². The highest BCUT2D eigenvalue weighted by Crippen LogP contribution is 2.38. The molecule has 2 heterocycles. The third-order valence-electron chi connectivity index (χ3n) is 5.56. The minimum Gasteiger partial charge on any atom is -0.495 e. The van der Waals surface area contributed by atoms with E-state index in [0.717, 1.165) is 25.7 Å². The lowest BCUT2D eigenvalue weighted by Gasteiger charge is -2.32. The van der Waals surface area contributed by atoms with Gasteiger partial charge in [-0.1, -0.05) is 30.5 Å². The van der Waals surface area contributed by atoms with Crippen LogP contribution in [-0.2, 0) is 4.79 Å². The minimum absolute atomic E-state index is 0.0727. The topological polar surface area (TPSA) is 84.7 Å². The first kappa shape index (κ1) is 21.9. The average Bonchev–Trinajstić information content (AvgIpc) is 3.52. The number of amides is 2. The van der Waals surface area contributed by atoms with E-state index in [1.165, 1.54) is 18.3 Å². The van der Waals surface area contributed by atoms with Gasteiger partial charge in [0.25, 0.3) is 5.91 Å². The number of nitrogens with one attached hydrogen (secondary N) is 1. The first-order valence-electron chi connectivity index (χ1n) is 10.5. The number of methoxy groups -OCH3 is 1. The number of hydrogen-bond acceptors (Lipinski definition) is 5. The molecule has 0 unspecified atom stereocenters. The molecule has 166 valence electrons. The highest BCUT2D eigenvalue weighted by atomic mass is 35.5. The molecule has 0 saturated heterocycles. The fourth-order valence-corrected chi connectivity index (χ4v) is 4.21. The Bertz CT molecular complexity index is 1070. The smallest absolute Gasteiger partial charge is 0.295 e. The van der Waals surface area contributed by atoms with Crippen molar-refractivity contribution < 1.29 is 18.7 Å². The van der Waals surface area contributed by atoms with E-state index in [1.54, 1.807) is 54.9 Å². The maximum atomic E-state index is 13.7. The maximum absolute atomic E-state index is 13.7. The molecule has 0 radical (unpaired) electrons. The van der Waals surface area contributed by atoms with Gasteiger partial charge in [0.15, 0.2) is 5.76 Å². The van der Waals surface area contributed by atoms with Gasteiger partial charge in [0.05, 0.1) is 19.1 Å². The van der Waals surface area contributed by atoms with E-state index in [-0.39, 0.29) is 17.7 Å². The van der Waals surface area contributed by atoms with E-state index < -0.39 is 11.9 Å². The first-order chi connectivity index (χ1) is 15.6. The molecule has 1 N–H and O–H groups in total. The molecular formula is C24H24ClN3O4. The summed E-state index contributed by atoms with van der Waals surface area (Å²) in [4.78, 5) is 32.9. The predicted octanol–water partition coefficient (Wildman–Crippen LogP) is 4.78. The molecule has 0 aliphatic heterocycles. The van der Waals surface area contributed by atoms with E-state index in [2.05, 4.69) is 10.3 Å². The molecular weight excluding hydrogens is 430 g/mol. The monoisotopic (exact) mass is 453 g/mol. The van der Waals surface area contributed by atoms with Gasteiger partial charge in [-0.15, -0.1) is 0 Å². The van der Waals surface area contributed by atoms with E-state index in [0.29, 0.717) is 22.0 Å². The van der Waals surface area contributed by atoms with Crippen LogP contribution in [0.3, 0.4) is 0 Å². The van der Waals surface area contributed by atoms with Crippen LogP contribution in [0.5, 0.6) is 5.75 Å². The number of anilines is 1. The van der Waals surface area contributed by atoms with Gasteiger partial charge in [0.1, 0.15) is 11.8 Å². The number of benzene rings is 1. The summed E-state index contributed by atoms with van der Waals surface area (Å²) in [5.74, 6) is -0.302. The standard InChI is InChI=1S/C24H24ClN3O4/c1-31-20-11-10-17(25)14-19(20)28(24(30)21-9-5-13-32-21)22(16-6-4-12-26-15-16)23(29)27-18-7-2-3-8-18/h4-6,9-15,18,22H,2-3,7-8H2,1H3,(H,27,29)/t22-/m0/s1. The van der Waals surface area contributed by atoms with Crippen molar-refractivity contribution in [2.45, 2.75) is 37.8 Å². The zero-order valence-corrected chi connectivity index (χ0v) is 18.4. The molecule has 32 heavy (non-hydrogen) atoms. The van der Waals surface area contributed by atoms with Crippen molar-refractivity contribution in [2.24, 2.45) is 0 Å². The highest BCUT2D eigenvalue weighted by Gasteiger charge is 2.37. The normalized spacial score (nSPS) is 14.7. The number of carbonyl (C=O) groups is 2. The van der Waals surface area contributed by atoms with E-state index >= 15 is 0 Å². The Balaban J connectivity index is 1.85. The lowest BCUT2D eigenvalue weighted by Crippen LogP contribution is -2.46. The SMILES string of the molecule is COc1ccc(Cl)cc1N(C(=O)c1ccco1)[C@H](C(=O)NC1CCCC1)c1cccnc1. The molecule has 3 aromatic rings. The van der Waals surface area contributed by atoms with Crippen molar-refractivity contribution in [1.82, 2.24) is 10.3 Å². The lowest BCUT2D eigenvalue weighted by molar-refractivity contribution is -0.123. The average molecular weight is 454 g/mol. The van der Waals surface area contributed by atoms with E-state index in [4.69, 9.17) is 20.8 Å². The zero-order valence-electron chi connectivity index (χ0n) is 17.7. The third kappa shape index (κ3) is 4.62. The summed E-state index contributed by atoms with van der Waals surface area (Å²) >= 11 is 6.29. The van der Waals surface area contributed by atoms with Crippen molar-refractivity contribution in [3.8, 4) is 5.75 Å². The van der Waals surface area contributed by atoms with Gasteiger partial charge < -0.3 is 14.5 Å². The second-order valence-corrected chi connectivity index (χ2v) is 8.08. The van der Waals surface area contributed by atoms with Crippen molar-refractivity contribution in [1.29, 1.82) is 0 Å². The number of rotatable bonds is 7. The fourth-order valence-electron chi connectivity index (χ4n) is 4.04. The number of halogens is 1. The Morgan fingerprint density at radius 1 is 1.22 bits per heavy atom. The van der Waals surface area contributed by atoms with Crippen LogP contribution in [0.4, 0.5) is 5.69 Å². The second-order valence-electron chi connectivity index (χ2n) is 7.65. The number of hydrogen-bond donors (Lipinski definition) is 1. The molecule has 1 fully saturated rings. The molecule has 0 bridgehead atoms. The Morgan fingerprint density at radius 3 is 2.69 bits per heavy atom. The Labute approximate surface area is 191 Å². The Morgan fingerprint density at radius 2 is 2.03 bits per heavy atom. The van der Waals surface area contributed by atoms with Crippen LogP contribution in [0.2, 0.25) is 5.02 Å². The van der Waals surface area contributed by atoms with Crippen LogP contribution in [-0.4, -0.2) is 29.9 Å². The largest absolute Gasteiger partial charge is 0.495 e. The summed E-state index contributed by atoms with van der Waals surface area (Å²) in [6.07, 6.45) is 8.58. The summed E-state index contributed by atoms with van der Waals surface area (Å²) in [6.45, 7) is 0. The van der Waals surface area contributed by atoms with Crippen LogP contribution < -0.4 is 15.0 Å². The summed E-state index contributed by atoms with van der Waals surface area (Å²) in [5.41, 5.74) is 0.918. The van der Waals surface area contributed by atoms with E-state index in [9.17, 15) is 9.59 Å². The molecule has 0 spiro atoms. The van der Waals surface area contributed by atoms with Crippen molar-refractivity contribution in [2.75, 3.05) is 12.0 Å². The molecule has 7 nitrogen and oxygen atoms in total. The number of furan rings is 1. The number of pyridine rings is 1. The van der Waals surface area contributed by atoms with Gasteiger partial charge in [0, 0.05) is 29.0 Å². The van der Waals surface area contributed by atoms with Crippen molar-refractivity contribution >= 4 is 29.1 Å². The maximum Gasteiger partial charge on any atom is 0.295 e. The number of aromatic nitrogens is 1. The molecule has 1 atom stereocenters. The number of carbonyl (C=O) groups excluding carboxylic acids is 2. The van der Waals surface area contributed by atoms with Crippen LogP contribution in [0.25, 0.3) is 0 Å². The molecule has 8 heteroatoms. The minimum atomic E-state index is -1.01. The fraction of sp³-hybridized carbons (Fsp3) is 0.292. The van der Waals surface area contributed by atoms with Crippen molar-refractivity contribution in [3.05, 3.63) is 77.5 Å². The molecule has 2 amide bonds. The molecule has 4 rings (SSSR count). The number of nitrogens with zero attached hydrogens (tertiary/aromatic N) is 2. The Hall–Kier alpha value is -3.32. The van der Waals surface area contributed by atoms with Crippen LogP contribution in [0, 0.1) is 0 Å². The molecule has 2 aromatic heterocycles. The molecule has 1 saturated carbocycles. The lowest BCUT2D eigenvalue weighted by atomic mass is 10.0. The van der Waals surface area contributed by atoms with Crippen LogP contribution in [0.15, 0.2) is 65.5 Å². The molecule has 1 aliphatic rings. The second kappa shape index (κ2) is 9.87. The van der Waals surface area contributed by atoms with Crippen LogP contribution >= 0.6 is 11.6 Å². The van der Waals surface area contributed by atoms with Gasteiger partial charge >= 0.3 is 0 Å². The van der Waals surface area contributed by atoms with Gasteiger partial charge in [0.2, 0.25) is 5.91 Å². The summed E-state index contributed by atoms with van der Waals surface area (Å²) in [5, 5.41) is 3.52. The summed E-state index contributed by atoms with van der Waals surface area (Å²) < 4.78 is 10.9. The highest BCUT2D eigenvalue weighted by molar-refractivity contribution is 6.31. The number of ether oxygens (including phenoxy) is 1. The van der Waals surface area contributed by atoms with Gasteiger partial charge in [-0.05, 0) is 49.2 Å². The van der Waals surface area contributed by atoms with Crippen LogP contribution in [0.1, 0.15) is 47.8 Å². The molecule has 1 aromatic carbocycles. The van der Waals surface area contributed by atoms with E-state index in [1.807, 2.05) is 0 Å². The van der Waals surface area contributed by atoms with Gasteiger partial charge in [-0.25, -0.2) is 0 Å². The third-order valence-corrected chi connectivity index (χ3v) is 5.79. The Kier molecular flexibility index (Phi) is 6.75. The van der Waals surface area contributed by atoms with Gasteiger partial charge in [-0.3, -0.25) is 19.5 Å². The first-order valence-corrected chi connectivity index (χ1v) is 10.9. The summed E-state index contributed by atoms with van der Waals surface area (Å²) in [7, 11) is 1.50. The zero-order chi connectivity index (χ0) is 22.5.